The Kier molecular flexibility index (Phi) is 2.61. The summed E-state index contributed by atoms with van der Waals surface area (Å²) in [6, 6.07) is 0. The lowest BCUT2D eigenvalue weighted by Crippen LogP contribution is -2.24. The molecule has 0 atom stereocenters. The molecule has 0 amide bonds. The zero-order chi connectivity index (χ0) is 11.9. The number of nitrogens with zero attached hydrogens (tertiary/aromatic N) is 3. The number of carbonyl (C=O) groups is 1. The van der Waals surface area contributed by atoms with Gasteiger partial charge in [0, 0.05) is 20.6 Å². The van der Waals surface area contributed by atoms with Gasteiger partial charge in [-0.15, -0.1) is 0 Å². The number of hydrogen-bond acceptors (Lipinski definition) is 3. The fraction of sp³-hybridized carbons (Fsp3) is 0.636. The first-order chi connectivity index (χ1) is 7.50. The fourth-order valence-corrected chi connectivity index (χ4v) is 2.11. The summed E-state index contributed by atoms with van der Waals surface area (Å²) in [6.45, 7) is 2.65. The highest BCUT2D eigenvalue weighted by Crippen LogP contribution is 2.32. The molecule has 0 aromatic carbocycles. The summed E-state index contributed by atoms with van der Waals surface area (Å²) in [6.07, 6.45) is 2.51. The third kappa shape index (κ3) is 1.89. The summed E-state index contributed by atoms with van der Waals surface area (Å²) in [5.74, 6) is 0.530. The molecule has 5 nitrogen and oxygen atoms in total. The van der Waals surface area contributed by atoms with Crippen molar-refractivity contribution < 1.29 is 9.90 Å². The van der Waals surface area contributed by atoms with Crippen molar-refractivity contribution in [3.8, 4) is 0 Å². The van der Waals surface area contributed by atoms with Gasteiger partial charge in [0.05, 0.1) is 5.69 Å². The van der Waals surface area contributed by atoms with Crippen LogP contribution in [0.25, 0.3) is 0 Å². The molecule has 16 heavy (non-hydrogen) atoms. The Morgan fingerprint density at radius 1 is 1.62 bits per heavy atom. The molecular weight excluding hydrogens is 206 g/mol. The average molecular weight is 223 g/mol. The molecule has 0 radical (unpaired) electrons. The highest BCUT2D eigenvalue weighted by Gasteiger charge is 2.27. The van der Waals surface area contributed by atoms with Crippen LogP contribution in [0.3, 0.4) is 0 Å². The maximum Gasteiger partial charge on any atom is 0.341 e. The van der Waals surface area contributed by atoms with Gasteiger partial charge in [0.25, 0.3) is 0 Å². The van der Waals surface area contributed by atoms with E-state index in [1.807, 2.05) is 11.9 Å². The highest BCUT2D eigenvalue weighted by atomic mass is 16.4. The van der Waals surface area contributed by atoms with Crippen LogP contribution in [-0.4, -0.2) is 34.4 Å². The maximum absolute atomic E-state index is 11.2. The third-order valence-electron chi connectivity index (χ3n) is 3.00. The Labute approximate surface area is 94.7 Å². The van der Waals surface area contributed by atoms with Crippen molar-refractivity contribution in [3.05, 3.63) is 11.3 Å². The van der Waals surface area contributed by atoms with E-state index in [1.54, 1.807) is 18.7 Å². The predicted octanol–water partition coefficient (Wildman–Crippen LogP) is 1.27. The standard InChI is InChI=1S/C11H17N3O2/c1-7-9(11(15)16)10(14(3)12-7)13(2)6-8-4-5-8/h8H,4-6H2,1-3H3,(H,15,16). The average Bonchev–Trinajstić information content (AvgIpc) is 2.90. The monoisotopic (exact) mass is 223 g/mol. The highest BCUT2D eigenvalue weighted by molar-refractivity contribution is 5.94. The van der Waals surface area contributed by atoms with Gasteiger partial charge in [0.15, 0.2) is 0 Å². The van der Waals surface area contributed by atoms with Gasteiger partial charge in [-0.25, -0.2) is 4.79 Å². The molecule has 5 heteroatoms. The first-order valence-corrected chi connectivity index (χ1v) is 5.48. The lowest BCUT2D eigenvalue weighted by Gasteiger charge is -2.19. The van der Waals surface area contributed by atoms with E-state index in [0.717, 1.165) is 12.5 Å². The number of rotatable bonds is 4. The molecule has 0 unspecified atom stereocenters. The summed E-state index contributed by atoms with van der Waals surface area (Å²) in [5.41, 5.74) is 0.901. The number of aryl methyl sites for hydroxylation is 2. The summed E-state index contributed by atoms with van der Waals surface area (Å²) < 4.78 is 1.65. The zero-order valence-corrected chi connectivity index (χ0v) is 9.90. The van der Waals surface area contributed by atoms with E-state index in [9.17, 15) is 9.90 Å². The topological polar surface area (TPSA) is 58.4 Å². The molecule has 2 rings (SSSR count). The smallest absolute Gasteiger partial charge is 0.341 e. The zero-order valence-electron chi connectivity index (χ0n) is 9.90. The number of carboxylic acids is 1. The first kappa shape index (κ1) is 11.0. The van der Waals surface area contributed by atoms with Gasteiger partial charge >= 0.3 is 5.97 Å². The van der Waals surface area contributed by atoms with Crippen molar-refractivity contribution in [3.63, 3.8) is 0 Å². The molecule has 0 aliphatic heterocycles. The quantitative estimate of drug-likeness (QED) is 0.835. The molecule has 1 aromatic rings. The van der Waals surface area contributed by atoms with Crippen molar-refractivity contribution in [1.29, 1.82) is 0 Å². The van der Waals surface area contributed by atoms with E-state index in [0.29, 0.717) is 17.1 Å². The Balaban J connectivity index is 2.32. The number of aromatic carboxylic acids is 1. The van der Waals surface area contributed by atoms with Crippen LogP contribution in [0.15, 0.2) is 0 Å². The van der Waals surface area contributed by atoms with Crippen LogP contribution in [0.2, 0.25) is 0 Å². The van der Waals surface area contributed by atoms with Gasteiger partial charge in [-0.1, -0.05) is 0 Å². The summed E-state index contributed by atoms with van der Waals surface area (Å²) in [4.78, 5) is 13.2. The van der Waals surface area contributed by atoms with Crippen molar-refractivity contribution in [1.82, 2.24) is 9.78 Å². The summed E-state index contributed by atoms with van der Waals surface area (Å²) >= 11 is 0. The first-order valence-electron chi connectivity index (χ1n) is 5.48. The van der Waals surface area contributed by atoms with Crippen LogP contribution in [-0.2, 0) is 7.05 Å². The molecule has 0 saturated heterocycles. The van der Waals surface area contributed by atoms with Crippen LogP contribution < -0.4 is 4.90 Å². The minimum atomic E-state index is -0.900. The van der Waals surface area contributed by atoms with Crippen LogP contribution >= 0.6 is 0 Å². The third-order valence-corrected chi connectivity index (χ3v) is 3.00. The molecule has 1 aliphatic rings. The molecule has 1 N–H and O–H groups in total. The number of hydrogen-bond donors (Lipinski definition) is 1. The fourth-order valence-electron chi connectivity index (χ4n) is 2.11. The van der Waals surface area contributed by atoms with E-state index in [-0.39, 0.29) is 0 Å². The number of anilines is 1. The van der Waals surface area contributed by atoms with Gasteiger partial charge in [-0.05, 0) is 25.7 Å². The second kappa shape index (κ2) is 3.81. The number of aromatic nitrogens is 2. The lowest BCUT2D eigenvalue weighted by atomic mass is 10.2. The van der Waals surface area contributed by atoms with Crippen LogP contribution in [0, 0.1) is 12.8 Å². The molecule has 1 saturated carbocycles. The van der Waals surface area contributed by atoms with E-state index in [2.05, 4.69) is 5.10 Å². The SMILES string of the molecule is Cc1nn(C)c(N(C)CC2CC2)c1C(=O)O. The van der Waals surface area contributed by atoms with Crippen molar-refractivity contribution in [2.45, 2.75) is 19.8 Å². The molecule has 0 bridgehead atoms. The normalized spacial score (nSPS) is 15.2. The van der Waals surface area contributed by atoms with E-state index in [4.69, 9.17) is 0 Å². The maximum atomic E-state index is 11.2. The largest absolute Gasteiger partial charge is 0.477 e. The second-order valence-electron chi connectivity index (χ2n) is 4.54. The Morgan fingerprint density at radius 3 is 2.75 bits per heavy atom. The Morgan fingerprint density at radius 2 is 2.25 bits per heavy atom. The minimum Gasteiger partial charge on any atom is -0.477 e. The van der Waals surface area contributed by atoms with E-state index >= 15 is 0 Å². The van der Waals surface area contributed by atoms with E-state index < -0.39 is 5.97 Å². The molecule has 1 heterocycles. The van der Waals surface area contributed by atoms with Gasteiger partial charge < -0.3 is 10.0 Å². The van der Waals surface area contributed by atoms with Gasteiger partial charge in [0.1, 0.15) is 11.4 Å². The minimum absolute atomic E-state index is 0.325. The predicted molar refractivity (Wildman–Crippen MR) is 60.9 cm³/mol. The van der Waals surface area contributed by atoms with Gasteiger partial charge in [0.2, 0.25) is 0 Å². The van der Waals surface area contributed by atoms with Crippen molar-refractivity contribution in [2.75, 3.05) is 18.5 Å². The van der Waals surface area contributed by atoms with Gasteiger partial charge in [-0.3, -0.25) is 4.68 Å². The van der Waals surface area contributed by atoms with Gasteiger partial charge in [-0.2, -0.15) is 5.10 Å². The molecular formula is C11H17N3O2. The van der Waals surface area contributed by atoms with Crippen molar-refractivity contribution in [2.24, 2.45) is 13.0 Å². The molecule has 1 aliphatic carbocycles. The van der Waals surface area contributed by atoms with Crippen LogP contribution in [0.1, 0.15) is 28.9 Å². The molecule has 1 fully saturated rings. The van der Waals surface area contributed by atoms with Crippen LogP contribution in [0.4, 0.5) is 5.82 Å². The molecule has 88 valence electrons. The Bertz CT molecular complexity index is 421. The summed E-state index contributed by atoms with van der Waals surface area (Å²) in [7, 11) is 3.72. The number of carboxylic acid groups (broad SMARTS) is 1. The van der Waals surface area contributed by atoms with Crippen molar-refractivity contribution >= 4 is 11.8 Å². The van der Waals surface area contributed by atoms with E-state index in [1.165, 1.54) is 12.8 Å². The lowest BCUT2D eigenvalue weighted by molar-refractivity contribution is 0.0696. The molecule has 1 aromatic heterocycles. The molecule has 0 spiro atoms. The second-order valence-corrected chi connectivity index (χ2v) is 4.54. The van der Waals surface area contributed by atoms with Crippen LogP contribution in [0.5, 0.6) is 0 Å². The summed E-state index contributed by atoms with van der Waals surface area (Å²) in [5, 5.41) is 13.4. The Hall–Kier alpha value is -1.52.